The molecule has 0 aromatic carbocycles. The third kappa shape index (κ3) is 4.26. The Labute approximate surface area is 214 Å². The zero-order valence-corrected chi connectivity index (χ0v) is 20.8. The number of aromatic nitrogens is 4. The minimum absolute atomic E-state index is 0.0199. The number of aromatic hydroxyl groups is 1. The van der Waals surface area contributed by atoms with E-state index in [1.54, 1.807) is 12.3 Å². The van der Waals surface area contributed by atoms with Crippen molar-refractivity contribution in [3.05, 3.63) is 32.7 Å². The van der Waals surface area contributed by atoms with Crippen LogP contribution in [0.2, 0.25) is 0 Å². The number of thioether (sulfide) groups is 2. The number of carboxylic acids is 1. The Hall–Kier alpha value is -3.64. The van der Waals surface area contributed by atoms with E-state index in [2.05, 4.69) is 25.7 Å². The SMILES string of the molecule is CCn1c(SCC2=C(C(=O)O)N3C(=O)C[C@@H]3SC2(NC(=O)C=NO)c2csc(N)n2)nnc(O)c1=O. The number of oxime groups is 1. The van der Waals surface area contributed by atoms with Gasteiger partial charge in [0.15, 0.2) is 15.2 Å². The minimum Gasteiger partial charge on any atom is -0.488 e. The summed E-state index contributed by atoms with van der Waals surface area (Å²) in [7, 11) is 0. The summed E-state index contributed by atoms with van der Waals surface area (Å²) >= 11 is 3.04. The van der Waals surface area contributed by atoms with Crippen LogP contribution in [0.4, 0.5) is 5.13 Å². The van der Waals surface area contributed by atoms with E-state index < -0.39 is 39.5 Å². The van der Waals surface area contributed by atoms with Crippen molar-refractivity contribution in [2.24, 2.45) is 5.16 Å². The first-order valence-electron chi connectivity index (χ1n) is 10.1. The zero-order chi connectivity index (χ0) is 26.2. The lowest BCUT2D eigenvalue weighted by Crippen LogP contribution is -2.61. The lowest BCUT2D eigenvalue weighted by atomic mass is 9.98. The fourth-order valence-electron chi connectivity index (χ4n) is 3.75. The summed E-state index contributed by atoms with van der Waals surface area (Å²) in [6, 6.07) is 0. The van der Waals surface area contributed by atoms with Crippen LogP contribution >= 0.6 is 34.9 Å². The Morgan fingerprint density at radius 3 is 2.75 bits per heavy atom. The van der Waals surface area contributed by atoms with Gasteiger partial charge in [0.1, 0.15) is 11.9 Å². The van der Waals surface area contributed by atoms with E-state index in [1.165, 1.54) is 0 Å². The summed E-state index contributed by atoms with van der Waals surface area (Å²) in [5.74, 6) is -3.70. The molecular weight excluding hydrogens is 536 g/mol. The average molecular weight is 555 g/mol. The maximum absolute atomic E-state index is 12.6. The van der Waals surface area contributed by atoms with Crippen molar-refractivity contribution >= 4 is 64.0 Å². The van der Waals surface area contributed by atoms with Crippen molar-refractivity contribution in [3.63, 3.8) is 0 Å². The molecule has 2 aliphatic rings. The van der Waals surface area contributed by atoms with Gasteiger partial charge in [0.05, 0.1) is 17.5 Å². The summed E-state index contributed by atoms with van der Waals surface area (Å²) in [4.78, 5) is 53.5. The molecule has 0 radical (unpaired) electrons. The molecule has 1 unspecified atom stereocenters. The molecule has 2 aromatic rings. The third-order valence-electron chi connectivity index (χ3n) is 5.29. The summed E-state index contributed by atoms with van der Waals surface area (Å²) in [5.41, 5.74) is 4.93. The standard InChI is InChI=1S/C18H18N8O7S3/c1-2-25-14(30)13(29)23-24-17(25)35-5-7-12(15(31)32)26-10(28)3-11(26)36-18(7,22-9(27)4-20-33)8-6-34-16(19)21-8/h4,6,11,33H,2-3,5H2,1H3,(H2,19,21)(H,22,27)(H,23,29)(H,31,32)/t11-,18?/m0/s1. The van der Waals surface area contributed by atoms with E-state index in [1.807, 2.05) is 0 Å². The molecule has 6 N–H and O–H groups in total. The van der Waals surface area contributed by atoms with Gasteiger partial charge in [0.2, 0.25) is 5.91 Å². The maximum atomic E-state index is 12.6. The number of hydrogen-bond donors (Lipinski definition) is 5. The van der Waals surface area contributed by atoms with Crippen molar-refractivity contribution in [1.82, 2.24) is 30.0 Å². The second kappa shape index (κ2) is 9.78. The van der Waals surface area contributed by atoms with E-state index >= 15 is 0 Å². The van der Waals surface area contributed by atoms with Gasteiger partial charge >= 0.3 is 11.5 Å². The molecule has 4 rings (SSSR count). The number of aliphatic carboxylic acids is 1. The fourth-order valence-corrected chi connectivity index (χ4v) is 7.28. The van der Waals surface area contributed by atoms with Gasteiger partial charge in [-0.05, 0) is 6.92 Å². The highest BCUT2D eigenvalue weighted by atomic mass is 32.2. The molecule has 2 amide bonds. The number of thiazole rings is 1. The highest BCUT2D eigenvalue weighted by Crippen LogP contribution is 2.54. The topological polar surface area (TPSA) is 226 Å². The van der Waals surface area contributed by atoms with Crippen LogP contribution in [0.5, 0.6) is 5.88 Å². The van der Waals surface area contributed by atoms with Crippen molar-refractivity contribution in [1.29, 1.82) is 0 Å². The van der Waals surface area contributed by atoms with Crippen molar-refractivity contribution in [3.8, 4) is 5.88 Å². The molecule has 1 saturated heterocycles. The van der Waals surface area contributed by atoms with Crippen LogP contribution in [0, 0.1) is 0 Å². The summed E-state index contributed by atoms with van der Waals surface area (Å²) < 4.78 is 1.14. The maximum Gasteiger partial charge on any atom is 0.352 e. The smallest absolute Gasteiger partial charge is 0.352 e. The van der Waals surface area contributed by atoms with Crippen LogP contribution in [0.1, 0.15) is 19.0 Å². The van der Waals surface area contributed by atoms with Gasteiger partial charge in [-0.3, -0.25) is 23.9 Å². The molecule has 4 heterocycles. The highest BCUT2D eigenvalue weighted by molar-refractivity contribution is 8.01. The van der Waals surface area contributed by atoms with Gasteiger partial charge in [0.25, 0.3) is 11.8 Å². The molecule has 15 nitrogen and oxygen atoms in total. The summed E-state index contributed by atoms with van der Waals surface area (Å²) in [6.07, 6.45) is 0.619. The molecule has 0 aliphatic carbocycles. The Balaban J connectivity index is 1.90. The van der Waals surface area contributed by atoms with Crippen molar-refractivity contribution in [2.75, 3.05) is 11.5 Å². The predicted octanol–water partition coefficient (Wildman–Crippen LogP) is -0.432. The zero-order valence-electron chi connectivity index (χ0n) is 18.3. The van der Waals surface area contributed by atoms with E-state index in [0.717, 1.165) is 44.3 Å². The summed E-state index contributed by atoms with van der Waals surface area (Å²) in [5, 5.41) is 42.4. The monoisotopic (exact) mass is 554 g/mol. The number of hydrogen-bond acceptors (Lipinski definition) is 14. The highest BCUT2D eigenvalue weighted by Gasteiger charge is 2.56. The van der Waals surface area contributed by atoms with Gasteiger partial charge in [-0.15, -0.1) is 21.5 Å². The lowest BCUT2D eigenvalue weighted by Gasteiger charge is -2.51. The molecule has 0 saturated carbocycles. The number of carboxylic acid groups (broad SMARTS) is 1. The van der Waals surface area contributed by atoms with Crippen LogP contribution in [-0.4, -0.2) is 75.2 Å². The second-order valence-electron chi connectivity index (χ2n) is 7.30. The number of nitrogens with zero attached hydrogens (tertiary/aromatic N) is 6. The molecule has 2 aromatic heterocycles. The first-order chi connectivity index (χ1) is 17.1. The Morgan fingerprint density at radius 1 is 1.42 bits per heavy atom. The van der Waals surface area contributed by atoms with Crippen LogP contribution in [-0.2, 0) is 25.8 Å². The Morgan fingerprint density at radius 2 is 2.17 bits per heavy atom. The molecule has 1 fully saturated rings. The number of carbonyl (C=O) groups is 3. The van der Waals surface area contributed by atoms with Crippen molar-refractivity contribution < 1.29 is 29.8 Å². The number of carbonyl (C=O) groups excluding carboxylic acids is 2. The number of rotatable bonds is 8. The normalized spacial score (nSPS) is 21.4. The molecule has 18 heteroatoms. The molecule has 0 spiro atoms. The minimum atomic E-state index is -1.63. The first kappa shape index (κ1) is 25.5. The quantitative estimate of drug-likeness (QED) is 0.0918. The summed E-state index contributed by atoms with van der Waals surface area (Å²) in [6.45, 7) is 1.78. The number of nitrogens with two attached hydrogens (primary N) is 1. The van der Waals surface area contributed by atoms with Gasteiger partial charge in [0, 0.05) is 23.3 Å². The van der Waals surface area contributed by atoms with E-state index in [-0.39, 0.29) is 46.0 Å². The van der Waals surface area contributed by atoms with Gasteiger partial charge < -0.3 is 26.5 Å². The van der Waals surface area contributed by atoms with Gasteiger partial charge in [-0.2, -0.15) is 0 Å². The fraction of sp³-hybridized carbons (Fsp3) is 0.333. The Kier molecular flexibility index (Phi) is 6.92. The van der Waals surface area contributed by atoms with Gasteiger partial charge in [-0.25, -0.2) is 9.78 Å². The molecule has 190 valence electrons. The van der Waals surface area contributed by atoms with E-state index in [4.69, 9.17) is 10.9 Å². The molecule has 0 bridgehead atoms. The lowest BCUT2D eigenvalue weighted by molar-refractivity contribution is -0.146. The van der Waals surface area contributed by atoms with Crippen LogP contribution in [0.3, 0.4) is 0 Å². The number of β-lactam (4-membered cyclic amide) rings is 1. The molecule has 2 aliphatic heterocycles. The second-order valence-corrected chi connectivity index (χ2v) is 10.5. The molecule has 2 atom stereocenters. The number of anilines is 1. The van der Waals surface area contributed by atoms with Crippen LogP contribution in [0.15, 0.2) is 31.8 Å². The number of nitrogens with one attached hydrogen (secondary N) is 1. The van der Waals surface area contributed by atoms with Crippen LogP contribution in [0.25, 0.3) is 0 Å². The van der Waals surface area contributed by atoms with Gasteiger partial charge in [-0.1, -0.05) is 28.7 Å². The Bertz CT molecular complexity index is 1370. The molecule has 36 heavy (non-hydrogen) atoms. The third-order valence-corrected chi connectivity index (χ3v) is 8.52. The van der Waals surface area contributed by atoms with Crippen molar-refractivity contribution in [2.45, 2.75) is 35.3 Å². The van der Waals surface area contributed by atoms with E-state index in [0.29, 0.717) is 6.21 Å². The first-order valence-corrected chi connectivity index (χ1v) is 12.8. The van der Waals surface area contributed by atoms with Crippen LogP contribution < -0.4 is 16.6 Å². The molecular formula is C18H18N8O7S3. The average Bonchev–Trinajstić information content (AvgIpc) is 3.26. The number of fused-ring (bicyclic) bond motifs is 1. The number of nitrogen functional groups attached to an aromatic ring is 1. The van der Waals surface area contributed by atoms with E-state index in [9.17, 15) is 29.4 Å². The largest absolute Gasteiger partial charge is 0.488 e. The predicted molar refractivity (Wildman–Crippen MR) is 128 cm³/mol. The number of amides is 2.